The number of anilines is 2. The Balaban J connectivity index is 1.65. The number of halogens is 1. The van der Waals surface area contributed by atoms with E-state index in [4.69, 9.17) is 4.74 Å². The maximum Gasteiger partial charge on any atom is 0.268 e. The summed E-state index contributed by atoms with van der Waals surface area (Å²) < 4.78 is 19.8. The molecular weight excluding hydrogens is 373 g/mol. The van der Waals surface area contributed by atoms with E-state index in [1.54, 1.807) is 61.7 Å². The van der Waals surface area contributed by atoms with E-state index < -0.39 is 6.10 Å². The Labute approximate surface area is 166 Å². The van der Waals surface area contributed by atoms with Gasteiger partial charge in [0.05, 0.1) is 17.8 Å². The Kier molecular flexibility index (Phi) is 4.95. The quantitative estimate of drug-likeness (QED) is 0.735. The van der Waals surface area contributed by atoms with Crippen molar-refractivity contribution in [1.82, 2.24) is 4.98 Å². The summed E-state index contributed by atoms with van der Waals surface area (Å²) >= 11 is 0. The maximum atomic E-state index is 14.2. The number of benzene rings is 2. The number of amides is 2. The van der Waals surface area contributed by atoms with Crippen molar-refractivity contribution >= 4 is 23.2 Å². The van der Waals surface area contributed by atoms with Crippen LogP contribution in [0.5, 0.6) is 5.75 Å². The summed E-state index contributed by atoms with van der Waals surface area (Å²) in [4.78, 5) is 30.6. The summed E-state index contributed by atoms with van der Waals surface area (Å²) in [6.07, 6.45) is 2.36. The SMILES string of the molecule is CC1Oc2ccc(NC(=O)c3cccnc3)cc2N(Cc2ccccc2F)C1=O. The maximum absolute atomic E-state index is 14.2. The normalized spacial score (nSPS) is 15.4. The van der Waals surface area contributed by atoms with Crippen molar-refractivity contribution in [3.8, 4) is 5.75 Å². The van der Waals surface area contributed by atoms with Crippen LogP contribution in [0.15, 0.2) is 67.0 Å². The molecular formula is C22H18FN3O3. The number of aromatic nitrogens is 1. The minimum atomic E-state index is -0.690. The van der Waals surface area contributed by atoms with Crippen LogP contribution in [0.25, 0.3) is 0 Å². The second-order valence-electron chi connectivity index (χ2n) is 6.65. The van der Waals surface area contributed by atoms with E-state index in [1.807, 2.05) is 0 Å². The van der Waals surface area contributed by atoms with Crippen molar-refractivity contribution in [2.24, 2.45) is 0 Å². The van der Waals surface area contributed by atoms with Gasteiger partial charge in [0.2, 0.25) is 0 Å². The summed E-state index contributed by atoms with van der Waals surface area (Å²) in [5.41, 5.74) is 1.77. The van der Waals surface area contributed by atoms with Crippen molar-refractivity contribution in [2.75, 3.05) is 10.2 Å². The molecule has 29 heavy (non-hydrogen) atoms. The molecule has 0 bridgehead atoms. The molecule has 4 rings (SSSR count). The second-order valence-corrected chi connectivity index (χ2v) is 6.65. The molecule has 6 nitrogen and oxygen atoms in total. The standard InChI is InChI=1S/C22H18FN3O3/c1-14-22(28)26(13-16-5-2-3-7-18(16)23)19-11-17(8-9-20(19)29-14)25-21(27)15-6-4-10-24-12-15/h2-12,14H,13H2,1H3,(H,25,27). The van der Waals surface area contributed by atoms with Crippen LogP contribution in [0.1, 0.15) is 22.8 Å². The fourth-order valence-electron chi connectivity index (χ4n) is 3.15. The van der Waals surface area contributed by atoms with Crippen LogP contribution in [-0.4, -0.2) is 22.9 Å². The topological polar surface area (TPSA) is 71.5 Å². The number of hydrogen-bond donors (Lipinski definition) is 1. The largest absolute Gasteiger partial charge is 0.479 e. The van der Waals surface area contributed by atoms with E-state index in [9.17, 15) is 14.0 Å². The Morgan fingerprint density at radius 1 is 1.21 bits per heavy atom. The molecule has 0 spiro atoms. The molecule has 1 atom stereocenters. The van der Waals surface area contributed by atoms with E-state index in [2.05, 4.69) is 10.3 Å². The Hall–Kier alpha value is -3.74. The molecule has 0 saturated heterocycles. The minimum absolute atomic E-state index is 0.0617. The molecule has 1 N–H and O–H groups in total. The summed E-state index contributed by atoms with van der Waals surface area (Å²) in [5, 5.41) is 2.78. The van der Waals surface area contributed by atoms with Gasteiger partial charge < -0.3 is 15.0 Å². The lowest BCUT2D eigenvalue weighted by Gasteiger charge is -2.33. The molecule has 2 heterocycles. The highest BCUT2D eigenvalue weighted by Gasteiger charge is 2.32. The first-order chi connectivity index (χ1) is 14.0. The zero-order chi connectivity index (χ0) is 20.4. The molecule has 0 aliphatic carbocycles. The number of fused-ring (bicyclic) bond motifs is 1. The van der Waals surface area contributed by atoms with E-state index in [0.29, 0.717) is 28.3 Å². The van der Waals surface area contributed by atoms with Crippen LogP contribution in [0.4, 0.5) is 15.8 Å². The number of nitrogens with one attached hydrogen (secondary N) is 1. The Morgan fingerprint density at radius 3 is 2.79 bits per heavy atom. The number of hydrogen-bond acceptors (Lipinski definition) is 4. The van der Waals surface area contributed by atoms with Gasteiger partial charge in [-0.05, 0) is 43.3 Å². The monoisotopic (exact) mass is 391 g/mol. The van der Waals surface area contributed by atoms with Crippen molar-refractivity contribution in [2.45, 2.75) is 19.6 Å². The summed E-state index contributed by atoms with van der Waals surface area (Å²) in [6, 6.07) is 14.7. The molecule has 7 heteroatoms. The fourth-order valence-corrected chi connectivity index (χ4v) is 3.15. The van der Waals surface area contributed by atoms with Crippen molar-refractivity contribution < 1.29 is 18.7 Å². The van der Waals surface area contributed by atoms with Gasteiger partial charge in [-0.1, -0.05) is 18.2 Å². The van der Waals surface area contributed by atoms with Gasteiger partial charge in [-0.15, -0.1) is 0 Å². The van der Waals surface area contributed by atoms with E-state index in [1.165, 1.54) is 17.2 Å². The van der Waals surface area contributed by atoms with E-state index >= 15 is 0 Å². The molecule has 1 aliphatic heterocycles. The number of pyridine rings is 1. The minimum Gasteiger partial charge on any atom is -0.479 e. The molecule has 2 amide bonds. The zero-order valence-corrected chi connectivity index (χ0v) is 15.6. The molecule has 0 fully saturated rings. The number of rotatable bonds is 4. The zero-order valence-electron chi connectivity index (χ0n) is 15.6. The van der Waals surface area contributed by atoms with Gasteiger partial charge in [-0.3, -0.25) is 14.6 Å². The number of carbonyl (C=O) groups is 2. The fraction of sp³-hybridized carbons (Fsp3) is 0.136. The number of nitrogens with zero attached hydrogens (tertiary/aromatic N) is 2. The lowest BCUT2D eigenvalue weighted by Crippen LogP contribution is -2.44. The third-order valence-corrected chi connectivity index (χ3v) is 4.64. The van der Waals surface area contributed by atoms with Crippen LogP contribution < -0.4 is 15.0 Å². The van der Waals surface area contributed by atoms with Gasteiger partial charge in [0, 0.05) is 23.6 Å². The van der Waals surface area contributed by atoms with Gasteiger partial charge in [-0.25, -0.2) is 4.39 Å². The van der Waals surface area contributed by atoms with E-state index in [-0.39, 0.29) is 24.2 Å². The lowest BCUT2D eigenvalue weighted by molar-refractivity contribution is -0.125. The number of carbonyl (C=O) groups excluding carboxylic acids is 2. The van der Waals surface area contributed by atoms with Crippen LogP contribution in [0.2, 0.25) is 0 Å². The molecule has 2 aromatic carbocycles. The first-order valence-corrected chi connectivity index (χ1v) is 9.10. The lowest BCUT2D eigenvalue weighted by atomic mass is 10.1. The third kappa shape index (κ3) is 3.80. The van der Waals surface area contributed by atoms with Crippen LogP contribution >= 0.6 is 0 Å². The summed E-state index contributed by atoms with van der Waals surface area (Å²) in [6.45, 7) is 1.71. The smallest absolute Gasteiger partial charge is 0.268 e. The third-order valence-electron chi connectivity index (χ3n) is 4.64. The first-order valence-electron chi connectivity index (χ1n) is 9.10. The summed E-state index contributed by atoms with van der Waals surface area (Å²) in [5.74, 6) is -0.499. The highest BCUT2D eigenvalue weighted by Crippen LogP contribution is 2.37. The second kappa shape index (κ2) is 7.71. The van der Waals surface area contributed by atoms with Gasteiger partial charge >= 0.3 is 0 Å². The predicted molar refractivity (Wildman–Crippen MR) is 106 cm³/mol. The van der Waals surface area contributed by atoms with Crippen LogP contribution in [-0.2, 0) is 11.3 Å². The average Bonchev–Trinajstić information content (AvgIpc) is 2.73. The average molecular weight is 391 g/mol. The molecule has 146 valence electrons. The van der Waals surface area contributed by atoms with Gasteiger partial charge in [0.1, 0.15) is 11.6 Å². The van der Waals surface area contributed by atoms with Gasteiger partial charge in [0.15, 0.2) is 6.10 Å². The predicted octanol–water partition coefficient (Wildman–Crippen LogP) is 3.79. The molecule has 1 unspecified atom stereocenters. The highest BCUT2D eigenvalue weighted by atomic mass is 19.1. The Morgan fingerprint density at radius 2 is 2.03 bits per heavy atom. The molecule has 0 radical (unpaired) electrons. The molecule has 3 aromatic rings. The van der Waals surface area contributed by atoms with Crippen molar-refractivity contribution in [3.63, 3.8) is 0 Å². The van der Waals surface area contributed by atoms with Crippen LogP contribution in [0.3, 0.4) is 0 Å². The van der Waals surface area contributed by atoms with Crippen molar-refractivity contribution in [3.05, 3.63) is 83.9 Å². The molecule has 1 aromatic heterocycles. The number of ether oxygens (including phenoxy) is 1. The van der Waals surface area contributed by atoms with Gasteiger partial charge in [-0.2, -0.15) is 0 Å². The Bertz CT molecular complexity index is 1070. The van der Waals surface area contributed by atoms with Crippen molar-refractivity contribution in [1.29, 1.82) is 0 Å². The van der Waals surface area contributed by atoms with E-state index in [0.717, 1.165) is 0 Å². The summed E-state index contributed by atoms with van der Waals surface area (Å²) in [7, 11) is 0. The van der Waals surface area contributed by atoms with Crippen LogP contribution in [0, 0.1) is 5.82 Å². The van der Waals surface area contributed by atoms with Gasteiger partial charge in [0.25, 0.3) is 11.8 Å². The highest BCUT2D eigenvalue weighted by molar-refractivity contribution is 6.05. The molecule has 0 saturated carbocycles. The molecule has 1 aliphatic rings. The first kappa shape index (κ1) is 18.6.